The molecule has 5 nitrogen and oxygen atoms in total. The van der Waals surface area contributed by atoms with Gasteiger partial charge < -0.3 is 19.9 Å². The van der Waals surface area contributed by atoms with Gasteiger partial charge in [-0.1, -0.05) is 30.7 Å². The van der Waals surface area contributed by atoms with Gasteiger partial charge in [-0.15, -0.1) is 0 Å². The van der Waals surface area contributed by atoms with Crippen molar-refractivity contribution in [1.29, 1.82) is 0 Å². The molecule has 1 amide bonds. The summed E-state index contributed by atoms with van der Waals surface area (Å²) in [5, 5.41) is 3.69. The first kappa shape index (κ1) is 18.8. The van der Waals surface area contributed by atoms with E-state index in [0.717, 1.165) is 55.4 Å². The van der Waals surface area contributed by atoms with Crippen molar-refractivity contribution >= 4 is 35.0 Å². The van der Waals surface area contributed by atoms with Crippen LogP contribution in [0.15, 0.2) is 48.0 Å². The Labute approximate surface area is 170 Å². The van der Waals surface area contributed by atoms with Crippen molar-refractivity contribution in [3.8, 4) is 5.75 Å². The Balaban J connectivity index is 1.51. The third kappa shape index (κ3) is 4.01. The van der Waals surface area contributed by atoms with E-state index in [-0.39, 0.29) is 12.5 Å². The molecule has 1 fully saturated rings. The number of carbonyl (C=O) groups excluding carboxylic acids is 1. The highest BCUT2D eigenvalue weighted by Gasteiger charge is 2.21. The fraction of sp³-hybridized carbons (Fsp3) is 0.318. The fourth-order valence-corrected chi connectivity index (χ4v) is 3.82. The second-order valence-corrected chi connectivity index (χ2v) is 7.47. The highest BCUT2D eigenvalue weighted by atomic mass is 35.5. The van der Waals surface area contributed by atoms with E-state index in [9.17, 15) is 4.79 Å². The van der Waals surface area contributed by atoms with Gasteiger partial charge in [-0.05, 0) is 43.0 Å². The average molecular weight is 398 g/mol. The molecule has 0 radical (unpaired) electrons. The van der Waals surface area contributed by atoms with Crippen LogP contribution in [0.25, 0.3) is 6.08 Å². The van der Waals surface area contributed by atoms with Gasteiger partial charge in [-0.3, -0.25) is 4.79 Å². The number of nitrogens with one attached hydrogen (secondary N) is 1. The Morgan fingerprint density at radius 1 is 1.14 bits per heavy atom. The predicted molar refractivity (Wildman–Crippen MR) is 114 cm³/mol. The molecule has 6 heteroatoms. The lowest BCUT2D eigenvalue weighted by Gasteiger charge is -2.36. The van der Waals surface area contributed by atoms with Crippen LogP contribution in [0.5, 0.6) is 5.75 Å². The summed E-state index contributed by atoms with van der Waals surface area (Å²) >= 11 is 6.07. The van der Waals surface area contributed by atoms with Crippen molar-refractivity contribution < 1.29 is 9.53 Å². The number of rotatable bonds is 4. The first-order valence-electron chi connectivity index (χ1n) is 9.64. The summed E-state index contributed by atoms with van der Waals surface area (Å²) in [4.78, 5) is 17.6. The molecule has 28 heavy (non-hydrogen) atoms. The number of carbonyl (C=O) groups is 1. The van der Waals surface area contributed by atoms with Crippen molar-refractivity contribution in [3.63, 3.8) is 0 Å². The molecule has 2 aliphatic heterocycles. The zero-order chi connectivity index (χ0) is 19.5. The molecule has 0 aliphatic carbocycles. The summed E-state index contributed by atoms with van der Waals surface area (Å²) in [6, 6.07) is 13.4. The summed E-state index contributed by atoms with van der Waals surface area (Å²) in [5.41, 5.74) is 3.30. The number of piperazine rings is 1. The molecule has 1 N–H and O–H groups in total. The third-order valence-corrected chi connectivity index (χ3v) is 5.52. The van der Waals surface area contributed by atoms with Gasteiger partial charge in [-0.25, -0.2) is 0 Å². The predicted octanol–water partition coefficient (Wildman–Crippen LogP) is 3.90. The van der Waals surface area contributed by atoms with E-state index < -0.39 is 0 Å². The molecule has 2 heterocycles. The van der Waals surface area contributed by atoms with Crippen molar-refractivity contribution in [2.75, 3.05) is 49.5 Å². The number of amides is 1. The Kier molecular flexibility index (Phi) is 5.55. The first-order valence-corrected chi connectivity index (χ1v) is 10.0. The number of fused-ring (bicyclic) bond motifs is 1. The molecular weight excluding hydrogens is 374 g/mol. The smallest absolute Gasteiger partial charge is 0.255 e. The van der Waals surface area contributed by atoms with Crippen LogP contribution in [0.2, 0.25) is 5.02 Å². The molecule has 146 valence electrons. The summed E-state index contributed by atoms with van der Waals surface area (Å²) in [7, 11) is 0. The lowest BCUT2D eigenvalue weighted by atomic mass is 10.1. The lowest BCUT2D eigenvalue weighted by Crippen LogP contribution is -2.46. The van der Waals surface area contributed by atoms with Crippen molar-refractivity contribution in [3.05, 3.63) is 58.6 Å². The number of para-hydroxylation sites is 2. The summed E-state index contributed by atoms with van der Waals surface area (Å²) in [6.45, 7) is 7.50. The summed E-state index contributed by atoms with van der Waals surface area (Å²) in [6.07, 6.45) is 1.85. The zero-order valence-electron chi connectivity index (χ0n) is 16.0. The Morgan fingerprint density at radius 3 is 2.71 bits per heavy atom. The van der Waals surface area contributed by atoms with Gasteiger partial charge in [0.25, 0.3) is 5.91 Å². The highest BCUT2D eigenvalue weighted by Crippen LogP contribution is 2.31. The number of nitrogens with zero attached hydrogens (tertiary/aromatic N) is 2. The Morgan fingerprint density at radius 2 is 1.93 bits per heavy atom. The van der Waals surface area contributed by atoms with Crippen LogP contribution in [0.1, 0.15) is 12.5 Å². The number of ether oxygens (including phenoxy) is 1. The van der Waals surface area contributed by atoms with Crippen LogP contribution in [0, 0.1) is 0 Å². The summed E-state index contributed by atoms with van der Waals surface area (Å²) in [5.74, 6) is 0.598. The van der Waals surface area contributed by atoms with E-state index in [0.29, 0.717) is 10.6 Å². The van der Waals surface area contributed by atoms with E-state index in [1.165, 1.54) is 0 Å². The first-order chi connectivity index (χ1) is 13.6. The zero-order valence-corrected chi connectivity index (χ0v) is 16.7. The maximum absolute atomic E-state index is 12.9. The minimum absolute atomic E-state index is 0.148. The minimum atomic E-state index is -0.148. The second-order valence-electron chi connectivity index (χ2n) is 7.03. The second kappa shape index (κ2) is 8.25. The maximum Gasteiger partial charge on any atom is 0.255 e. The normalized spacial score (nSPS) is 16.8. The van der Waals surface area contributed by atoms with Crippen LogP contribution < -0.4 is 15.0 Å². The summed E-state index contributed by atoms with van der Waals surface area (Å²) < 4.78 is 5.72. The Hall–Kier alpha value is -2.50. The van der Waals surface area contributed by atoms with Crippen LogP contribution in [0.3, 0.4) is 0 Å². The van der Waals surface area contributed by atoms with Gasteiger partial charge in [-0.2, -0.15) is 0 Å². The maximum atomic E-state index is 12.9. The van der Waals surface area contributed by atoms with Gasteiger partial charge >= 0.3 is 0 Å². The average Bonchev–Trinajstić information content (AvgIpc) is 2.73. The standard InChI is InChI=1S/C22H24ClN3O2/c1-2-25-9-11-26(12-10-25)20-6-4-3-5-19(20)24-22(27)17-13-16-14-18(23)7-8-21(16)28-15-17/h3-8,13-14H,2,9-12,15H2,1H3,(H,24,27). The van der Waals surface area contributed by atoms with Crippen molar-refractivity contribution in [1.82, 2.24) is 4.90 Å². The molecule has 2 aromatic rings. The van der Waals surface area contributed by atoms with Crippen molar-refractivity contribution in [2.45, 2.75) is 6.92 Å². The van der Waals surface area contributed by atoms with Gasteiger partial charge in [0.1, 0.15) is 12.4 Å². The molecule has 4 rings (SSSR count). The van der Waals surface area contributed by atoms with Crippen LogP contribution >= 0.6 is 11.6 Å². The molecule has 2 aliphatic rings. The molecule has 0 atom stereocenters. The van der Waals surface area contributed by atoms with Gasteiger partial charge in [0, 0.05) is 36.8 Å². The number of halogens is 1. The molecule has 0 unspecified atom stereocenters. The number of hydrogen-bond donors (Lipinski definition) is 1. The molecule has 0 spiro atoms. The largest absolute Gasteiger partial charge is 0.488 e. The molecule has 0 saturated carbocycles. The lowest BCUT2D eigenvalue weighted by molar-refractivity contribution is -0.113. The van der Waals surface area contributed by atoms with Gasteiger partial charge in [0.2, 0.25) is 0 Å². The number of anilines is 2. The van der Waals surface area contributed by atoms with Gasteiger partial charge in [0.05, 0.1) is 16.9 Å². The molecule has 1 saturated heterocycles. The van der Waals surface area contributed by atoms with E-state index in [4.69, 9.17) is 16.3 Å². The highest BCUT2D eigenvalue weighted by molar-refractivity contribution is 6.30. The Bertz CT molecular complexity index is 904. The van der Waals surface area contributed by atoms with Crippen LogP contribution in [0.4, 0.5) is 11.4 Å². The minimum Gasteiger partial charge on any atom is -0.488 e. The van der Waals surface area contributed by atoms with E-state index in [1.807, 2.05) is 36.4 Å². The van der Waals surface area contributed by atoms with Crippen LogP contribution in [-0.4, -0.2) is 50.1 Å². The molecule has 0 bridgehead atoms. The van der Waals surface area contributed by atoms with E-state index in [1.54, 1.807) is 6.07 Å². The van der Waals surface area contributed by atoms with Crippen LogP contribution in [-0.2, 0) is 4.79 Å². The molecule has 2 aromatic carbocycles. The molecule has 0 aromatic heterocycles. The van der Waals surface area contributed by atoms with E-state index >= 15 is 0 Å². The fourth-order valence-electron chi connectivity index (χ4n) is 3.64. The number of likely N-dealkylation sites (N-methyl/N-ethyl adjacent to an activating group) is 1. The molecular formula is C22H24ClN3O2. The van der Waals surface area contributed by atoms with Gasteiger partial charge in [0.15, 0.2) is 0 Å². The topological polar surface area (TPSA) is 44.8 Å². The van der Waals surface area contributed by atoms with Crippen molar-refractivity contribution in [2.24, 2.45) is 0 Å². The monoisotopic (exact) mass is 397 g/mol. The quantitative estimate of drug-likeness (QED) is 0.849. The van der Waals surface area contributed by atoms with E-state index in [2.05, 4.69) is 28.1 Å². The third-order valence-electron chi connectivity index (χ3n) is 5.29. The SMILES string of the molecule is CCN1CCN(c2ccccc2NC(=O)C2=Cc3cc(Cl)ccc3OC2)CC1. The number of benzene rings is 2. The number of hydrogen-bond acceptors (Lipinski definition) is 4.